The number of carbonyl (C=O) groups is 2. The van der Waals surface area contributed by atoms with E-state index < -0.39 is 21.8 Å². The van der Waals surface area contributed by atoms with E-state index in [1.54, 1.807) is 11.0 Å². The second-order valence-electron chi connectivity index (χ2n) is 6.85. The summed E-state index contributed by atoms with van der Waals surface area (Å²) in [5.74, 6) is -1.51. The van der Waals surface area contributed by atoms with Gasteiger partial charge in [0.25, 0.3) is 21.9 Å². The molecule has 0 bridgehead atoms. The average molecular weight is 539 g/mol. The van der Waals surface area contributed by atoms with E-state index in [4.69, 9.17) is 16.8 Å². The smallest absolute Gasteiger partial charge is 0.267 e. The highest BCUT2D eigenvalue weighted by molar-refractivity contribution is 9.10. The van der Waals surface area contributed by atoms with Crippen LogP contribution in [0.1, 0.15) is 11.1 Å². The van der Waals surface area contributed by atoms with Gasteiger partial charge in [-0.05, 0) is 23.8 Å². The number of anilines is 1. The highest BCUT2D eigenvalue weighted by Gasteiger charge is 2.42. The summed E-state index contributed by atoms with van der Waals surface area (Å²) < 4.78 is 32.1. The zero-order valence-corrected chi connectivity index (χ0v) is 19.9. The first-order valence-electron chi connectivity index (χ1n) is 9.04. The van der Waals surface area contributed by atoms with Crippen molar-refractivity contribution >= 4 is 77.4 Å². The Morgan fingerprint density at radius 3 is 2.42 bits per heavy atom. The Balaban J connectivity index is 1.75. The highest BCUT2D eigenvalue weighted by atomic mass is 79.9. The minimum Gasteiger partial charge on any atom is -0.303 e. The number of carbonyl (C=O) groups excluding carboxylic acids is 2. The average Bonchev–Trinajstić information content (AvgIpc) is 3.13. The third kappa shape index (κ3) is 4.46. The lowest BCUT2D eigenvalue weighted by atomic mass is 10.1. The van der Waals surface area contributed by atoms with Gasteiger partial charge in [0.1, 0.15) is 4.32 Å². The van der Waals surface area contributed by atoms with E-state index >= 15 is 0 Å². The fourth-order valence-corrected chi connectivity index (χ4v) is 5.55. The fourth-order valence-electron chi connectivity index (χ4n) is 3.39. The van der Waals surface area contributed by atoms with Crippen molar-refractivity contribution in [2.75, 3.05) is 17.2 Å². The van der Waals surface area contributed by atoms with Crippen LogP contribution in [-0.4, -0.2) is 46.3 Å². The Hall–Kier alpha value is -2.05. The quantitative estimate of drug-likeness (QED) is 0.353. The zero-order chi connectivity index (χ0) is 22.3. The van der Waals surface area contributed by atoms with Crippen LogP contribution < -0.4 is 4.90 Å². The molecule has 1 fully saturated rings. The SMILES string of the molecule is O=C1/C(=C2/C(=O)N(Cc3ccccc3)c3ccc(Br)cc32)SC(=S)N1CCS(=O)(=O)O. The second kappa shape index (κ2) is 8.47. The summed E-state index contributed by atoms with van der Waals surface area (Å²) in [6.07, 6.45) is 0. The molecule has 0 unspecified atom stereocenters. The molecule has 2 heterocycles. The van der Waals surface area contributed by atoms with E-state index in [1.807, 2.05) is 42.5 Å². The molecule has 1 saturated heterocycles. The van der Waals surface area contributed by atoms with Gasteiger partial charge in [-0.25, -0.2) is 0 Å². The summed E-state index contributed by atoms with van der Waals surface area (Å²) >= 11 is 9.62. The summed E-state index contributed by atoms with van der Waals surface area (Å²) in [5.41, 5.74) is 2.45. The van der Waals surface area contributed by atoms with E-state index in [9.17, 15) is 18.0 Å². The minimum atomic E-state index is -4.26. The zero-order valence-electron chi connectivity index (χ0n) is 15.8. The Bertz CT molecular complexity index is 1240. The fraction of sp³-hybridized carbons (Fsp3) is 0.150. The van der Waals surface area contributed by atoms with Gasteiger partial charge in [0.05, 0.1) is 28.5 Å². The molecule has 2 aliphatic heterocycles. The van der Waals surface area contributed by atoms with Crippen molar-refractivity contribution in [2.24, 2.45) is 0 Å². The molecule has 4 rings (SSSR count). The Morgan fingerprint density at radius 2 is 1.74 bits per heavy atom. The maximum Gasteiger partial charge on any atom is 0.267 e. The molecule has 160 valence electrons. The van der Waals surface area contributed by atoms with Gasteiger partial charge >= 0.3 is 0 Å². The van der Waals surface area contributed by atoms with Crippen molar-refractivity contribution in [1.29, 1.82) is 0 Å². The molecule has 11 heteroatoms. The van der Waals surface area contributed by atoms with E-state index in [0.717, 1.165) is 26.7 Å². The molecule has 0 aliphatic carbocycles. The molecule has 31 heavy (non-hydrogen) atoms. The van der Waals surface area contributed by atoms with Crippen LogP contribution in [0.2, 0.25) is 0 Å². The number of thioether (sulfide) groups is 1. The summed E-state index contributed by atoms with van der Waals surface area (Å²) in [5, 5.41) is 0. The molecule has 2 aromatic carbocycles. The van der Waals surface area contributed by atoms with Crippen LogP contribution in [0.25, 0.3) is 5.57 Å². The predicted octanol–water partition coefficient (Wildman–Crippen LogP) is 3.46. The Labute approximate surface area is 197 Å². The summed E-state index contributed by atoms with van der Waals surface area (Å²) in [6, 6.07) is 14.9. The Morgan fingerprint density at radius 1 is 1.03 bits per heavy atom. The first kappa shape index (κ1) is 22.2. The van der Waals surface area contributed by atoms with Crippen molar-refractivity contribution in [3.63, 3.8) is 0 Å². The van der Waals surface area contributed by atoms with Crippen LogP contribution in [-0.2, 0) is 26.3 Å². The standard InChI is InChI=1S/C20H15BrN2O5S3/c21-13-6-7-15-14(10-13)16(18(24)23(15)11-12-4-2-1-3-5-12)17-19(25)22(20(29)30-17)8-9-31(26,27)28/h1-7,10H,8-9,11H2,(H,26,27,28)/b17-16-. The monoisotopic (exact) mass is 538 g/mol. The molecule has 2 aliphatic rings. The topological polar surface area (TPSA) is 95.0 Å². The molecular formula is C20H15BrN2O5S3. The van der Waals surface area contributed by atoms with Gasteiger partial charge in [0.15, 0.2) is 0 Å². The molecule has 0 radical (unpaired) electrons. The van der Waals surface area contributed by atoms with Crippen LogP contribution in [0.3, 0.4) is 0 Å². The van der Waals surface area contributed by atoms with Gasteiger partial charge in [0, 0.05) is 16.6 Å². The lowest BCUT2D eigenvalue weighted by molar-refractivity contribution is -0.122. The number of benzene rings is 2. The molecule has 0 aromatic heterocycles. The van der Waals surface area contributed by atoms with Crippen molar-refractivity contribution < 1.29 is 22.6 Å². The number of thiocarbonyl (C=S) groups is 1. The highest BCUT2D eigenvalue weighted by Crippen LogP contribution is 2.45. The van der Waals surface area contributed by atoms with Crippen LogP contribution in [0.15, 0.2) is 57.9 Å². The number of amides is 2. The molecule has 0 saturated carbocycles. The number of rotatable bonds is 5. The van der Waals surface area contributed by atoms with E-state index in [1.165, 1.54) is 0 Å². The van der Waals surface area contributed by atoms with E-state index in [-0.39, 0.29) is 27.3 Å². The number of halogens is 1. The number of nitrogens with zero attached hydrogens (tertiary/aromatic N) is 2. The summed E-state index contributed by atoms with van der Waals surface area (Å²) in [4.78, 5) is 29.3. The first-order chi connectivity index (χ1) is 14.7. The first-order valence-corrected chi connectivity index (χ1v) is 12.7. The largest absolute Gasteiger partial charge is 0.303 e. The van der Waals surface area contributed by atoms with Gasteiger partial charge in [0.2, 0.25) is 0 Å². The van der Waals surface area contributed by atoms with Crippen LogP contribution in [0.5, 0.6) is 0 Å². The van der Waals surface area contributed by atoms with Crippen LogP contribution in [0.4, 0.5) is 5.69 Å². The van der Waals surface area contributed by atoms with Crippen molar-refractivity contribution in [1.82, 2.24) is 4.90 Å². The van der Waals surface area contributed by atoms with Gasteiger partial charge < -0.3 is 4.90 Å². The maximum absolute atomic E-state index is 13.4. The van der Waals surface area contributed by atoms with Gasteiger partial charge in [-0.1, -0.05) is 70.2 Å². The normalized spacial score (nSPS) is 18.8. The van der Waals surface area contributed by atoms with Crippen LogP contribution >= 0.6 is 39.9 Å². The molecule has 0 atom stereocenters. The Kier molecular flexibility index (Phi) is 6.05. The van der Waals surface area contributed by atoms with E-state index in [2.05, 4.69) is 15.9 Å². The van der Waals surface area contributed by atoms with Crippen LogP contribution in [0, 0.1) is 0 Å². The second-order valence-corrected chi connectivity index (χ2v) is 11.0. The minimum absolute atomic E-state index is 0.141. The predicted molar refractivity (Wildman–Crippen MR) is 127 cm³/mol. The lowest BCUT2D eigenvalue weighted by Gasteiger charge is -2.17. The molecule has 1 N–H and O–H groups in total. The molecule has 7 nitrogen and oxygen atoms in total. The van der Waals surface area contributed by atoms with Gasteiger partial charge in [-0.15, -0.1) is 0 Å². The van der Waals surface area contributed by atoms with Crippen molar-refractivity contribution in [3.05, 3.63) is 69.0 Å². The molecule has 2 amide bonds. The third-order valence-corrected chi connectivity index (χ3v) is 7.45. The van der Waals surface area contributed by atoms with Crippen molar-refractivity contribution in [2.45, 2.75) is 6.54 Å². The molecule has 2 aromatic rings. The lowest BCUT2D eigenvalue weighted by Crippen LogP contribution is -2.33. The van der Waals surface area contributed by atoms with Gasteiger partial charge in [-0.2, -0.15) is 8.42 Å². The molecule has 0 spiro atoms. The molecular weight excluding hydrogens is 524 g/mol. The third-order valence-electron chi connectivity index (χ3n) is 4.81. The number of hydrogen-bond acceptors (Lipinski definition) is 6. The van der Waals surface area contributed by atoms with Gasteiger partial charge in [-0.3, -0.25) is 19.0 Å². The summed E-state index contributed by atoms with van der Waals surface area (Å²) in [7, 11) is -4.26. The maximum atomic E-state index is 13.4. The van der Waals surface area contributed by atoms with E-state index in [0.29, 0.717) is 17.8 Å². The van der Waals surface area contributed by atoms with Crippen molar-refractivity contribution in [3.8, 4) is 0 Å². The number of hydrogen-bond donors (Lipinski definition) is 1. The number of fused-ring (bicyclic) bond motifs is 1. The summed E-state index contributed by atoms with van der Waals surface area (Å²) in [6.45, 7) is 0.0500.